The first-order valence-corrected chi connectivity index (χ1v) is 8.03. The number of thiophene rings is 1. The number of nitrogens with zero attached hydrogens (tertiary/aromatic N) is 2. The van der Waals surface area contributed by atoms with E-state index in [1.54, 1.807) is 11.8 Å². The molecule has 1 aromatic heterocycles. The maximum atomic E-state index is 12.3. The van der Waals surface area contributed by atoms with Gasteiger partial charge in [0.2, 0.25) is 0 Å². The number of ether oxygens (including phenoxy) is 1. The Labute approximate surface area is 136 Å². The molecule has 0 bridgehead atoms. The Morgan fingerprint density at radius 2 is 2.14 bits per heavy atom. The van der Waals surface area contributed by atoms with E-state index in [1.165, 1.54) is 6.07 Å². The summed E-state index contributed by atoms with van der Waals surface area (Å²) in [5.41, 5.74) is -0.253. The zero-order chi connectivity index (χ0) is 16.3. The lowest BCUT2D eigenvalue weighted by Gasteiger charge is -2.30. The van der Waals surface area contributed by atoms with Crippen LogP contribution in [0.4, 0.5) is 5.69 Å². The largest absolute Gasteiger partial charge is 0.466 e. The number of piperidine rings is 1. The lowest BCUT2D eigenvalue weighted by Crippen LogP contribution is -2.40. The number of esters is 1. The second-order valence-corrected chi connectivity index (χ2v) is 6.50. The third kappa shape index (κ3) is 3.56. The average Bonchev–Trinajstić information content (AvgIpc) is 2.89. The molecule has 1 fully saturated rings. The van der Waals surface area contributed by atoms with Crippen molar-refractivity contribution >= 4 is 40.5 Å². The van der Waals surface area contributed by atoms with Gasteiger partial charge in [-0.3, -0.25) is 19.7 Å². The Balaban J connectivity index is 1.99. The lowest BCUT2D eigenvalue weighted by atomic mass is 9.97. The highest BCUT2D eigenvalue weighted by molar-refractivity contribution is 7.18. The van der Waals surface area contributed by atoms with Crippen molar-refractivity contribution in [2.75, 3.05) is 19.7 Å². The van der Waals surface area contributed by atoms with Gasteiger partial charge in [-0.2, -0.15) is 0 Å². The molecule has 1 aliphatic rings. The number of hydrogen-bond acceptors (Lipinski definition) is 6. The molecule has 1 saturated heterocycles. The zero-order valence-corrected chi connectivity index (χ0v) is 13.5. The standard InChI is InChI=1S/C13H15ClN2O5S/c1-2-21-13(18)8-3-5-15(6-4-8)12(17)10-7-9(16(19)20)11(14)22-10/h7-8H,2-6H2,1H3. The summed E-state index contributed by atoms with van der Waals surface area (Å²) < 4.78 is 4.97. The summed E-state index contributed by atoms with van der Waals surface area (Å²) in [5.74, 6) is -0.711. The molecule has 120 valence electrons. The Bertz CT molecular complexity index is 595. The fraction of sp³-hybridized carbons (Fsp3) is 0.538. The minimum atomic E-state index is -0.609. The fourth-order valence-corrected chi connectivity index (χ4v) is 3.51. The third-order valence-electron chi connectivity index (χ3n) is 3.48. The molecule has 1 amide bonds. The molecular formula is C13H15ClN2O5S. The Morgan fingerprint density at radius 1 is 1.50 bits per heavy atom. The van der Waals surface area contributed by atoms with Crippen molar-refractivity contribution in [3.63, 3.8) is 0 Å². The predicted octanol–water partition coefficient (Wildman–Crippen LogP) is 2.73. The molecular weight excluding hydrogens is 332 g/mol. The van der Waals surface area contributed by atoms with E-state index in [2.05, 4.69) is 0 Å². The number of amides is 1. The van der Waals surface area contributed by atoms with Gasteiger partial charge in [0.05, 0.1) is 17.4 Å². The van der Waals surface area contributed by atoms with Crippen molar-refractivity contribution in [2.24, 2.45) is 5.92 Å². The molecule has 7 nitrogen and oxygen atoms in total. The van der Waals surface area contributed by atoms with Gasteiger partial charge in [0.1, 0.15) is 4.88 Å². The van der Waals surface area contributed by atoms with Crippen molar-refractivity contribution in [2.45, 2.75) is 19.8 Å². The molecule has 0 N–H and O–H groups in total. The van der Waals surface area contributed by atoms with Crippen molar-refractivity contribution in [1.82, 2.24) is 4.90 Å². The maximum Gasteiger partial charge on any atom is 0.309 e. The summed E-state index contributed by atoms with van der Waals surface area (Å²) in [5, 5.41) is 10.8. The fourth-order valence-electron chi connectivity index (χ4n) is 2.32. The van der Waals surface area contributed by atoms with Crippen LogP contribution in [0.5, 0.6) is 0 Å². The second-order valence-electron chi connectivity index (χ2n) is 4.85. The van der Waals surface area contributed by atoms with E-state index in [-0.39, 0.29) is 32.7 Å². The molecule has 2 rings (SSSR count). The zero-order valence-electron chi connectivity index (χ0n) is 11.9. The van der Waals surface area contributed by atoms with E-state index in [1.807, 2.05) is 0 Å². The van der Waals surface area contributed by atoms with Crippen LogP contribution in [0, 0.1) is 16.0 Å². The van der Waals surface area contributed by atoms with Gasteiger partial charge in [0.25, 0.3) is 11.6 Å². The molecule has 0 atom stereocenters. The SMILES string of the molecule is CCOC(=O)C1CCN(C(=O)c2cc([N+](=O)[O-])c(Cl)s2)CC1. The van der Waals surface area contributed by atoms with Gasteiger partial charge in [0, 0.05) is 19.2 Å². The highest BCUT2D eigenvalue weighted by Crippen LogP contribution is 2.34. The van der Waals surface area contributed by atoms with Gasteiger partial charge in [-0.25, -0.2) is 0 Å². The predicted molar refractivity (Wildman–Crippen MR) is 81.2 cm³/mol. The van der Waals surface area contributed by atoms with Crippen LogP contribution < -0.4 is 0 Å². The minimum absolute atomic E-state index is 0.00485. The molecule has 0 unspecified atom stereocenters. The first-order valence-electron chi connectivity index (χ1n) is 6.83. The van der Waals surface area contributed by atoms with Crippen LogP contribution in [0.15, 0.2) is 6.07 Å². The smallest absolute Gasteiger partial charge is 0.309 e. The average molecular weight is 347 g/mol. The van der Waals surface area contributed by atoms with Crippen LogP contribution in [0.25, 0.3) is 0 Å². The molecule has 1 aromatic rings. The minimum Gasteiger partial charge on any atom is -0.466 e. The Kier molecular flexibility index (Phi) is 5.36. The number of rotatable bonds is 4. The van der Waals surface area contributed by atoms with Crippen LogP contribution in [0.2, 0.25) is 4.34 Å². The van der Waals surface area contributed by atoms with Crippen molar-refractivity contribution in [3.8, 4) is 0 Å². The molecule has 0 radical (unpaired) electrons. The van der Waals surface area contributed by atoms with Crippen LogP contribution in [-0.4, -0.2) is 41.4 Å². The topological polar surface area (TPSA) is 89.8 Å². The van der Waals surface area contributed by atoms with Crippen molar-refractivity contribution in [3.05, 3.63) is 25.4 Å². The van der Waals surface area contributed by atoms with Gasteiger partial charge in [-0.15, -0.1) is 11.3 Å². The van der Waals surface area contributed by atoms with Crippen molar-refractivity contribution < 1.29 is 19.2 Å². The normalized spacial score (nSPS) is 15.6. The number of carbonyl (C=O) groups excluding carboxylic acids is 2. The molecule has 22 heavy (non-hydrogen) atoms. The van der Waals surface area contributed by atoms with Crippen LogP contribution >= 0.6 is 22.9 Å². The van der Waals surface area contributed by atoms with Gasteiger partial charge >= 0.3 is 5.97 Å². The summed E-state index contributed by atoms with van der Waals surface area (Å²) >= 11 is 6.67. The summed E-state index contributed by atoms with van der Waals surface area (Å²) in [4.78, 5) is 36.0. The summed E-state index contributed by atoms with van der Waals surface area (Å²) in [6.07, 6.45) is 1.07. The first kappa shape index (κ1) is 16.7. The second kappa shape index (κ2) is 7.06. The number of halogens is 1. The molecule has 0 aliphatic carbocycles. The number of carbonyl (C=O) groups is 2. The van der Waals surface area contributed by atoms with E-state index in [9.17, 15) is 19.7 Å². The van der Waals surface area contributed by atoms with E-state index in [0.717, 1.165) is 11.3 Å². The van der Waals surface area contributed by atoms with E-state index < -0.39 is 4.92 Å². The molecule has 0 saturated carbocycles. The van der Waals surface area contributed by atoms with Crippen molar-refractivity contribution in [1.29, 1.82) is 0 Å². The highest BCUT2D eigenvalue weighted by atomic mass is 35.5. The van der Waals surface area contributed by atoms with E-state index in [0.29, 0.717) is 32.5 Å². The van der Waals surface area contributed by atoms with Gasteiger partial charge < -0.3 is 9.64 Å². The van der Waals surface area contributed by atoms with Gasteiger partial charge in [-0.1, -0.05) is 11.6 Å². The summed E-state index contributed by atoms with van der Waals surface area (Å²) in [6, 6.07) is 1.20. The summed E-state index contributed by atoms with van der Waals surface area (Å²) in [7, 11) is 0. The van der Waals surface area contributed by atoms with Crippen LogP contribution in [0.3, 0.4) is 0 Å². The highest BCUT2D eigenvalue weighted by Gasteiger charge is 2.30. The van der Waals surface area contributed by atoms with Gasteiger partial charge in [-0.05, 0) is 19.8 Å². The lowest BCUT2D eigenvalue weighted by molar-refractivity contribution is -0.384. The number of hydrogen-bond donors (Lipinski definition) is 0. The Morgan fingerprint density at radius 3 is 2.64 bits per heavy atom. The molecule has 1 aliphatic heterocycles. The van der Waals surface area contributed by atoms with Crippen LogP contribution in [0.1, 0.15) is 29.4 Å². The van der Waals surface area contributed by atoms with Crippen LogP contribution in [-0.2, 0) is 9.53 Å². The molecule has 0 aromatic carbocycles. The number of nitro groups is 1. The van der Waals surface area contributed by atoms with E-state index in [4.69, 9.17) is 16.3 Å². The first-order chi connectivity index (χ1) is 10.4. The Hall–Kier alpha value is -1.67. The van der Waals surface area contributed by atoms with Gasteiger partial charge in [0.15, 0.2) is 4.34 Å². The molecule has 2 heterocycles. The number of likely N-dealkylation sites (tertiary alicyclic amines) is 1. The third-order valence-corrected chi connectivity index (χ3v) is 4.80. The quantitative estimate of drug-likeness (QED) is 0.475. The summed E-state index contributed by atoms with van der Waals surface area (Å²) in [6.45, 7) is 2.94. The molecule has 9 heteroatoms. The van der Waals surface area contributed by atoms with E-state index >= 15 is 0 Å². The monoisotopic (exact) mass is 346 g/mol. The molecule has 0 spiro atoms. The maximum absolute atomic E-state index is 12.3.